The second kappa shape index (κ2) is 6.65. The molecule has 1 aromatic rings. The minimum Gasteiger partial charge on any atom is -0.490 e. The Bertz CT molecular complexity index is 512. The summed E-state index contributed by atoms with van der Waals surface area (Å²) in [5.41, 5.74) is 5.89. The van der Waals surface area contributed by atoms with Crippen molar-refractivity contribution >= 4 is 5.91 Å². The fraction of sp³-hybridized carbons (Fsp3) is 0.588. The first kappa shape index (κ1) is 15.3. The second-order valence-electron chi connectivity index (χ2n) is 6.37. The van der Waals surface area contributed by atoms with E-state index in [0.29, 0.717) is 5.75 Å². The predicted molar refractivity (Wildman–Crippen MR) is 81.9 cm³/mol. The van der Waals surface area contributed by atoms with Gasteiger partial charge in [-0.05, 0) is 43.5 Å². The predicted octanol–water partition coefficient (Wildman–Crippen LogP) is 2.32. The SMILES string of the molecule is N[C@H]1CC[C@@H](C(=O)N2CCC(Oc3ccc(F)cc3)CC2)C1. The molecule has 0 aromatic heterocycles. The normalized spacial score (nSPS) is 26.2. The van der Waals surface area contributed by atoms with Crippen LogP contribution in [0.1, 0.15) is 32.1 Å². The molecule has 3 rings (SSSR count). The summed E-state index contributed by atoms with van der Waals surface area (Å²) >= 11 is 0. The molecule has 0 unspecified atom stereocenters. The van der Waals surface area contributed by atoms with Gasteiger partial charge in [-0.25, -0.2) is 4.39 Å². The zero-order valence-electron chi connectivity index (χ0n) is 12.7. The Morgan fingerprint density at radius 2 is 1.82 bits per heavy atom. The van der Waals surface area contributed by atoms with Crippen LogP contribution in [0.3, 0.4) is 0 Å². The van der Waals surface area contributed by atoms with E-state index in [1.54, 1.807) is 12.1 Å². The van der Waals surface area contributed by atoms with Gasteiger partial charge < -0.3 is 15.4 Å². The van der Waals surface area contributed by atoms with E-state index in [1.165, 1.54) is 12.1 Å². The lowest BCUT2D eigenvalue weighted by molar-refractivity contribution is -0.137. The van der Waals surface area contributed by atoms with Gasteiger partial charge in [-0.2, -0.15) is 0 Å². The Kier molecular flexibility index (Phi) is 4.62. The number of hydrogen-bond donors (Lipinski definition) is 1. The molecular formula is C17H23FN2O2. The first-order chi connectivity index (χ1) is 10.6. The lowest BCUT2D eigenvalue weighted by Crippen LogP contribution is -2.44. The van der Waals surface area contributed by atoms with E-state index in [-0.39, 0.29) is 29.8 Å². The van der Waals surface area contributed by atoms with Gasteiger partial charge in [-0.3, -0.25) is 4.79 Å². The number of amides is 1. The maximum Gasteiger partial charge on any atom is 0.225 e. The van der Waals surface area contributed by atoms with Gasteiger partial charge in [-0.15, -0.1) is 0 Å². The van der Waals surface area contributed by atoms with Crippen molar-refractivity contribution in [3.63, 3.8) is 0 Å². The van der Waals surface area contributed by atoms with Crippen LogP contribution in [-0.4, -0.2) is 36.0 Å². The molecule has 1 saturated heterocycles. The monoisotopic (exact) mass is 306 g/mol. The van der Waals surface area contributed by atoms with Gasteiger partial charge in [0.05, 0.1) is 0 Å². The highest BCUT2D eigenvalue weighted by Gasteiger charge is 2.33. The summed E-state index contributed by atoms with van der Waals surface area (Å²) in [7, 11) is 0. The Labute approximate surface area is 130 Å². The lowest BCUT2D eigenvalue weighted by atomic mass is 10.0. The van der Waals surface area contributed by atoms with Crippen LogP contribution < -0.4 is 10.5 Å². The maximum absolute atomic E-state index is 12.9. The van der Waals surface area contributed by atoms with Crippen molar-refractivity contribution in [2.24, 2.45) is 11.7 Å². The molecule has 5 heteroatoms. The van der Waals surface area contributed by atoms with E-state index in [9.17, 15) is 9.18 Å². The van der Waals surface area contributed by atoms with Crippen LogP contribution in [-0.2, 0) is 4.79 Å². The third-order valence-corrected chi connectivity index (χ3v) is 4.69. The molecule has 2 aliphatic rings. The molecule has 2 N–H and O–H groups in total. The number of hydrogen-bond acceptors (Lipinski definition) is 3. The quantitative estimate of drug-likeness (QED) is 0.932. The minimum absolute atomic E-state index is 0.0975. The number of halogens is 1. The van der Waals surface area contributed by atoms with Crippen LogP contribution in [0, 0.1) is 11.7 Å². The van der Waals surface area contributed by atoms with Crippen LogP contribution in [0.4, 0.5) is 4.39 Å². The van der Waals surface area contributed by atoms with Crippen LogP contribution in [0.15, 0.2) is 24.3 Å². The molecule has 4 nitrogen and oxygen atoms in total. The van der Waals surface area contributed by atoms with E-state index >= 15 is 0 Å². The molecule has 1 saturated carbocycles. The van der Waals surface area contributed by atoms with Gasteiger partial charge in [0.1, 0.15) is 17.7 Å². The third-order valence-electron chi connectivity index (χ3n) is 4.69. The molecule has 1 aliphatic carbocycles. The number of carbonyl (C=O) groups is 1. The van der Waals surface area contributed by atoms with E-state index in [1.807, 2.05) is 4.90 Å². The maximum atomic E-state index is 12.9. The summed E-state index contributed by atoms with van der Waals surface area (Å²) in [6.07, 6.45) is 4.45. The Balaban J connectivity index is 1.48. The van der Waals surface area contributed by atoms with E-state index in [2.05, 4.69) is 0 Å². The van der Waals surface area contributed by atoms with Gasteiger partial charge in [-0.1, -0.05) is 0 Å². The number of likely N-dealkylation sites (tertiary alicyclic amines) is 1. The summed E-state index contributed by atoms with van der Waals surface area (Å²) in [6, 6.07) is 6.28. The Morgan fingerprint density at radius 1 is 1.14 bits per heavy atom. The average Bonchev–Trinajstić information content (AvgIpc) is 2.96. The van der Waals surface area contributed by atoms with Crippen molar-refractivity contribution in [3.05, 3.63) is 30.1 Å². The molecule has 1 aliphatic heterocycles. The number of nitrogens with two attached hydrogens (primary N) is 1. The van der Waals surface area contributed by atoms with Crippen molar-refractivity contribution in [1.29, 1.82) is 0 Å². The van der Waals surface area contributed by atoms with Crippen LogP contribution in [0.2, 0.25) is 0 Å². The molecular weight excluding hydrogens is 283 g/mol. The smallest absolute Gasteiger partial charge is 0.225 e. The summed E-state index contributed by atoms with van der Waals surface area (Å²) in [5, 5.41) is 0. The van der Waals surface area contributed by atoms with Gasteiger partial charge >= 0.3 is 0 Å². The number of ether oxygens (including phenoxy) is 1. The summed E-state index contributed by atoms with van der Waals surface area (Å²) in [5.74, 6) is 0.799. The highest BCUT2D eigenvalue weighted by Crippen LogP contribution is 2.28. The average molecular weight is 306 g/mol. The van der Waals surface area contributed by atoms with Crippen molar-refractivity contribution in [1.82, 2.24) is 4.90 Å². The largest absolute Gasteiger partial charge is 0.490 e. The molecule has 1 aromatic carbocycles. The first-order valence-electron chi connectivity index (χ1n) is 8.08. The molecule has 2 atom stereocenters. The first-order valence-corrected chi connectivity index (χ1v) is 8.08. The number of rotatable bonds is 3. The molecule has 1 amide bonds. The topological polar surface area (TPSA) is 55.6 Å². The number of piperidine rings is 1. The Hall–Kier alpha value is -1.62. The van der Waals surface area contributed by atoms with Crippen molar-refractivity contribution in [3.8, 4) is 5.75 Å². The lowest BCUT2D eigenvalue weighted by Gasteiger charge is -2.33. The van der Waals surface area contributed by atoms with Gasteiger partial charge in [0, 0.05) is 37.9 Å². The summed E-state index contributed by atoms with van der Waals surface area (Å²) in [6.45, 7) is 1.47. The van der Waals surface area contributed by atoms with Crippen molar-refractivity contribution in [2.75, 3.05) is 13.1 Å². The molecule has 0 spiro atoms. The van der Waals surface area contributed by atoms with Crippen LogP contribution in [0.25, 0.3) is 0 Å². The molecule has 22 heavy (non-hydrogen) atoms. The summed E-state index contributed by atoms with van der Waals surface area (Å²) < 4.78 is 18.7. The van der Waals surface area contributed by atoms with E-state index in [0.717, 1.165) is 45.2 Å². The van der Waals surface area contributed by atoms with E-state index < -0.39 is 0 Å². The molecule has 0 radical (unpaired) electrons. The fourth-order valence-electron chi connectivity index (χ4n) is 3.40. The van der Waals surface area contributed by atoms with Crippen molar-refractivity contribution in [2.45, 2.75) is 44.2 Å². The zero-order valence-corrected chi connectivity index (χ0v) is 12.7. The standard InChI is InChI=1S/C17H23FN2O2/c18-13-2-5-15(6-3-13)22-16-7-9-20(10-8-16)17(21)12-1-4-14(19)11-12/h2-3,5-6,12,14,16H,1,4,7-11,19H2/t12-,14+/m1/s1. The molecule has 2 fully saturated rings. The minimum atomic E-state index is -0.262. The number of benzene rings is 1. The third kappa shape index (κ3) is 3.58. The molecule has 1 heterocycles. The summed E-state index contributed by atoms with van der Waals surface area (Å²) in [4.78, 5) is 14.4. The molecule has 120 valence electrons. The van der Waals surface area contributed by atoms with E-state index in [4.69, 9.17) is 10.5 Å². The molecule has 0 bridgehead atoms. The Morgan fingerprint density at radius 3 is 2.41 bits per heavy atom. The highest BCUT2D eigenvalue weighted by molar-refractivity contribution is 5.79. The second-order valence-corrected chi connectivity index (χ2v) is 6.37. The van der Waals surface area contributed by atoms with Crippen LogP contribution in [0.5, 0.6) is 5.75 Å². The number of carbonyl (C=O) groups excluding carboxylic acids is 1. The van der Waals surface area contributed by atoms with Gasteiger partial charge in [0.2, 0.25) is 5.91 Å². The van der Waals surface area contributed by atoms with Gasteiger partial charge in [0.25, 0.3) is 0 Å². The van der Waals surface area contributed by atoms with Crippen molar-refractivity contribution < 1.29 is 13.9 Å². The van der Waals surface area contributed by atoms with Crippen LogP contribution >= 0.6 is 0 Å². The number of nitrogens with zero attached hydrogens (tertiary/aromatic N) is 1. The highest BCUT2D eigenvalue weighted by atomic mass is 19.1. The zero-order chi connectivity index (χ0) is 15.5. The van der Waals surface area contributed by atoms with Gasteiger partial charge in [0.15, 0.2) is 0 Å². The fourth-order valence-corrected chi connectivity index (χ4v) is 3.40.